The summed E-state index contributed by atoms with van der Waals surface area (Å²) in [5.74, 6) is -1.53. The lowest BCUT2D eigenvalue weighted by molar-refractivity contribution is -0.151. The van der Waals surface area contributed by atoms with Crippen LogP contribution in [0.1, 0.15) is 32.8 Å². The number of aliphatic carboxylic acids is 1. The highest BCUT2D eigenvalue weighted by atomic mass is 16.5. The summed E-state index contributed by atoms with van der Waals surface area (Å²) >= 11 is 0. The van der Waals surface area contributed by atoms with Gasteiger partial charge in [-0.3, -0.25) is 14.5 Å². The number of nitrogens with zero attached hydrogens (tertiary/aromatic N) is 1. The maximum absolute atomic E-state index is 12.1. The number of hydrogen-bond donors (Lipinski definition) is 2. The van der Waals surface area contributed by atoms with E-state index in [1.165, 1.54) is 0 Å². The van der Waals surface area contributed by atoms with Gasteiger partial charge in [-0.2, -0.15) is 0 Å². The van der Waals surface area contributed by atoms with E-state index in [9.17, 15) is 14.7 Å². The number of carbonyl (C=O) groups is 2. The van der Waals surface area contributed by atoms with E-state index in [0.717, 1.165) is 37.5 Å². The van der Waals surface area contributed by atoms with Gasteiger partial charge < -0.3 is 19.9 Å². The third-order valence-electron chi connectivity index (χ3n) is 4.47. The molecule has 156 valence electrons. The number of ether oxygens (including phenoxy) is 2. The molecule has 1 aliphatic rings. The number of carboxylic acids is 1. The van der Waals surface area contributed by atoms with Gasteiger partial charge in [0.05, 0.1) is 12.3 Å². The van der Waals surface area contributed by atoms with Gasteiger partial charge in [0.2, 0.25) is 0 Å². The molecule has 0 unspecified atom stereocenters. The minimum absolute atomic E-state index is 0.128. The van der Waals surface area contributed by atoms with Crippen LogP contribution in [0, 0.1) is 5.92 Å². The van der Waals surface area contributed by atoms with Crippen molar-refractivity contribution in [2.24, 2.45) is 5.92 Å². The summed E-state index contributed by atoms with van der Waals surface area (Å²) in [6.45, 7) is 10.6. The lowest BCUT2D eigenvalue weighted by atomic mass is 9.96. The monoisotopic (exact) mass is 392 g/mol. The average molecular weight is 392 g/mol. The summed E-state index contributed by atoms with van der Waals surface area (Å²) in [6, 6.07) is 7.33. The molecule has 1 aromatic carbocycles. The number of hydrogen-bond acceptors (Lipinski definition) is 6. The number of benzene rings is 1. The van der Waals surface area contributed by atoms with Crippen LogP contribution in [0.25, 0.3) is 0 Å². The molecule has 1 aromatic rings. The van der Waals surface area contributed by atoms with Crippen LogP contribution in [-0.2, 0) is 20.7 Å². The zero-order chi connectivity index (χ0) is 20.6. The Kier molecular flexibility index (Phi) is 8.26. The third kappa shape index (κ3) is 8.27. The van der Waals surface area contributed by atoms with E-state index in [2.05, 4.69) is 10.2 Å². The predicted octanol–water partition coefficient (Wildman–Crippen LogP) is 1.95. The summed E-state index contributed by atoms with van der Waals surface area (Å²) in [5.41, 5.74) is 0.557. The Balaban J connectivity index is 1.80. The third-order valence-corrected chi connectivity index (χ3v) is 4.47. The molecule has 0 bridgehead atoms. The Hall–Kier alpha value is -2.12. The molecular formula is C21H32N2O5. The van der Waals surface area contributed by atoms with Crippen LogP contribution >= 0.6 is 0 Å². The molecule has 7 heteroatoms. The number of rotatable bonds is 9. The largest absolute Gasteiger partial charge is 0.488 e. The van der Waals surface area contributed by atoms with E-state index in [4.69, 9.17) is 9.47 Å². The summed E-state index contributed by atoms with van der Waals surface area (Å²) < 4.78 is 11.0. The fraction of sp³-hybridized carbons (Fsp3) is 0.619. The Morgan fingerprint density at radius 3 is 2.39 bits per heavy atom. The van der Waals surface area contributed by atoms with Crippen molar-refractivity contribution in [3.8, 4) is 5.75 Å². The van der Waals surface area contributed by atoms with Gasteiger partial charge in [-0.05, 0) is 44.9 Å². The Bertz CT molecular complexity index is 633. The van der Waals surface area contributed by atoms with Gasteiger partial charge in [0.15, 0.2) is 0 Å². The first-order chi connectivity index (χ1) is 13.2. The molecule has 0 spiro atoms. The smallest absolute Gasteiger partial charge is 0.307 e. The molecule has 0 aromatic heterocycles. The number of nitrogens with one attached hydrogen (secondary N) is 1. The van der Waals surface area contributed by atoms with E-state index in [-0.39, 0.29) is 18.4 Å². The van der Waals surface area contributed by atoms with Crippen LogP contribution in [0.5, 0.6) is 5.75 Å². The van der Waals surface area contributed by atoms with Gasteiger partial charge in [-0.25, -0.2) is 0 Å². The normalized spacial score (nSPS) is 16.4. The highest BCUT2D eigenvalue weighted by Crippen LogP contribution is 2.21. The zero-order valence-corrected chi connectivity index (χ0v) is 17.1. The Morgan fingerprint density at radius 2 is 1.82 bits per heavy atom. The van der Waals surface area contributed by atoms with Crippen LogP contribution in [-0.4, -0.2) is 66.9 Å². The second-order valence-electron chi connectivity index (χ2n) is 8.11. The van der Waals surface area contributed by atoms with Crippen molar-refractivity contribution < 1.29 is 24.2 Å². The first-order valence-corrected chi connectivity index (χ1v) is 9.82. The molecule has 7 nitrogen and oxygen atoms in total. The fourth-order valence-electron chi connectivity index (χ4n) is 3.06. The molecule has 1 aliphatic heterocycles. The molecule has 1 fully saturated rings. The van der Waals surface area contributed by atoms with Crippen molar-refractivity contribution in [3.63, 3.8) is 0 Å². The number of carbonyl (C=O) groups excluding carboxylic acids is 1. The van der Waals surface area contributed by atoms with Crippen molar-refractivity contribution in [3.05, 3.63) is 29.8 Å². The summed E-state index contributed by atoms with van der Waals surface area (Å²) in [4.78, 5) is 25.9. The number of carboxylic acid groups (broad SMARTS) is 1. The first kappa shape index (κ1) is 22.2. The lowest BCUT2D eigenvalue weighted by Crippen LogP contribution is -2.44. The molecule has 1 atom stereocenters. The second-order valence-corrected chi connectivity index (χ2v) is 8.11. The topological polar surface area (TPSA) is 88.1 Å². The first-order valence-electron chi connectivity index (χ1n) is 9.82. The Morgan fingerprint density at radius 1 is 1.18 bits per heavy atom. The molecule has 1 heterocycles. The van der Waals surface area contributed by atoms with E-state index in [1.54, 1.807) is 0 Å². The molecule has 2 N–H and O–H groups in total. The van der Waals surface area contributed by atoms with Gasteiger partial charge >= 0.3 is 11.9 Å². The number of esters is 1. The van der Waals surface area contributed by atoms with Gasteiger partial charge in [-0.1, -0.05) is 12.1 Å². The SMILES string of the molecule is CC(C)(C)Oc1ccc(C[C@H](CC(=O)OCCN2CCNCC2)C(=O)O)cc1. The van der Waals surface area contributed by atoms with E-state index < -0.39 is 17.9 Å². The Labute approximate surface area is 167 Å². The molecular weight excluding hydrogens is 360 g/mol. The standard InChI is InChI=1S/C21H32N2O5/c1-21(2,3)28-18-6-4-16(5-7-18)14-17(20(25)26)15-19(24)27-13-12-23-10-8-22-9-11-23/h4-7,17,22H,8-15H2,1-3H3,(H,25,26)/t17-/m1/s1. The van der Waals surface area contributed by atoms with Crippen molar-refractivity contribution in [2.75, 3.05) is 39.3 Å². The van der Waals surface area contributed by atoms with Crippen molar-refractivity contribution >= 4 is 11.9 Å². The summed E-state index contributed by atoms with van der Waals surface area (Å²) in [6.07, 6.45) is 0.148. The van der Waals surface area contributed by atoms with Gasteiger partial charge in [0.25, 0.3) is 0 Å². The highest BCUT2D eigenvalue weighted by Gasteiger charge is 2.23. The van der Waals surface area contributed by atoms with Crippen LogP contribution < -0.4 is 10.1 Å². The van der Waals surface area contributed by atoms with Gasteiger partial charge in [-0.15, -0.1) is 0 Å². The van der Waals surface area contributed by atoms with Crippen molar-refractivity contribution in [1.29, 1.82) is 0 Å². The minimum Gasteiger partial charge on any atom is -0.488 e. The van der Waals surface area contributed by atoms with Crippen LogP contribution in [0.3, 0.4) is 0 Å². The molecule has 0 radical (unpaired) electrons. The molecule has 0 amide bonds. The second kappa shape index (κ2) is 10.4. The molecule has 2 rings (SSSR count). The van der Waals surface area contributed by atoms with Crippen LogP contribution in [0.2, 0.25) is 0 Å². The van der Waals surface area contributed by atoms with E-state index >= 15 is 0 Å². The fourth-order valence-corrected chi connectivity index (χ4v) is 3.06. The molecule has 28 heavy (non-hydrogen) atoms. The average Bonchev–Trinajstić information content (AvgIpc) is 2.62. The zero-order valence-electron chi connectivity index (χ0n) is 17.1. The maximum Gasteiger partial charge on any atom is 0.307 e. The number of piperazine rings is 1. The maximum atomic E-state index is 12.1. The quantitative estimate of drug-likeness (QED) is 0.621. The van der Waals surface area contributed by atoms with E-state index in [1.807, 2.05) is 45.0 Å². The summed E-state index contributed by atoms with van der Waals surface area (Å²) in [7, 11) is 0. The van der Waals surface area contributed by atoms with E-state index in [0.29, 0.717) is 13.2 Å². The minimum atomic E-state index is -0.992. The molecule has 1 saturated heterocycles. The van der Waals surface area contributed by atoms with Crippen LogP contribution in [0.4, 0.5) is 0 Å². The summed E-state index contributed by atoms with van der Waals surface area (Å²) in [5, 5.41) is 12.7. The lowest BCUT2D eigenvalue weighted by Gasteiger charge is -2.26. The van der Waals surface area contributed by atoms with Crippen LogP contribution in [0.15, 0.2) is 24.3 Å². The van der Waals surface area contributed by atoms with Crippen molar-refractivity contribution in [1.82, 2.24) is 10.2 Å². The van der Waals surface area contributed by atoms with Crippen molar-refractivity contribution in [2.45, 2.75) is 39.2 Å². The van der Waals surface area contributed by atoms with Gasteiger partial charge in [0, 0.05) is 32.7 Å². The molecule has 0 aliphatic carbocycles. The van der Waals surface area contributed by atoms with Gasteiger partial charge in [0.1, 0.15) is 18.0 Å². The predicted molar refractivity (Wildman–Crippen MR) is 107 cm³/mol. The molecule has 0 saturated carbocycles. The highest BCUT2D eigenvalue weighted by molar-refractivity contribution is 5.79.